The quantitative estimate of drug-likeness (QED) is 0.257. The molecule has 11 heteroatoms. The normalized spacial score (nSPS) is 13.5. The van der Waals surface area contributed by atoms with E-state index in [0.717, 1.165) is 5.56 Å². The number of carbonyl (C=O) groups is 4. The number of H-pyrrole nitrogens is 1. The van der Waals surface area contributed by atoms with Crippen LogP contribution in [-0.2, 0) is 32.0 Å². The van der Waals surface area contributed by atoms with Gasteiger partial charge in [0.05, 0.1) is 12.9 Å². The summed E-state index contributed by atoms with van der Waals surface area (Å²) >= 11 is 0. The molecule has 3 unspecified atom stereocenters. The van der Waals surface area contributed by atoms with Crippen LogP contribution in [0.3, 0.4) is 0 Å². The van der Waals surface area contributed by atoms with Crippen LogP contribution >= 0.6 is 0 Å². The molecule has 0 aliphatic carbocycles. The van der Waals surface area contributed by atoms with E-state index in [1.54, 1.807) is 24.3 Å². The lowest BCUT2D eigenvalue weighted by Crippen LogP contribution is -2.56. The molecule has 31 heavy (non-hydrogen) atoms. The highest BCUT2D eigenvalue weighted by Crippen LogP contribution is 2.05. The Morgan fingerprint density at radius 2 is 1.74 bits per heavy atom. The number of aromatic amines is 1. The molecule has 0 radical (unpaired) electrons. The van der Waals surface area contributed by atoms with Gasteiger partial charge in [-0.3, -0.25) is 14.4 Å². The van der Waals surface area contributed by atoms with Gasteiger partial charge in [-0.25, -0.2) is 9.78 Å². The second kappa shape index (κ2) is 11.5. The molecule has 7 N–H and O–H groups in total. The van der Waals surface area contributed by atoms with Crippen LogP contribution in [-0.4, -0.2) is 63.4 Å². The first-order chi connectivity index (χ1) is 14.8. The van der Waals surface area contributed by atoms with Gasteiger partial charge in [0, 0.05) is 24.7 Å². The van der Waals surface area contributed by atoms with Gasteiger partial charge in [-0.1, -0.05) is 30.3 Å². The van der Waals surface area contributed by atoms with Gasteiger partial charge in [0.15, 0.2) is 0 Å². The summed E-state index contributed by atoms with van der Waals surface area (Å²) < 4.78 is 0. The van der Waals surface area contributed by atoms with Crippen molar-refractivity contribution in [3.63, 3.8) is 0 Å². The topological polar surface area (TPSA) is 179 Å². The summed E-state index contributed by atoms with van der Waals surface area (Å²) in [7, 11) is 0. The number of hydrogen-bond donors (Lipinski definition) is 6. The maximum Gasteiger partial charge on any atom is 0.326 e. The molecule has 0 bridgehead atoms. The summed E-state index contributed by atoms with van der Waals surface area (Å²) in [6.07, 6.45) is 3.07. The van der Waals surface area contributed by atoms with Crippen molar-refractivity contribution < 1.29 is 24.3 Å². The number of aromatic nitrogens is 2. The second-order valence-electron chi connectivity index (χ2n) is 6.92. The Morgan fingerprint density at radius 3 is 2.32 bits per heavy atom. The van der Waals surface area contributed by atoms with Gasteiger partial charge < -0.3 is 31.8 Å². The van der Waals surface area contributed by atoms with Gasteiger partial charge in [-0.2, -0.15) is 0 Å². The van der Waals surface area contributed by atoms with Gasteiger partial charge in [0.1, 0.15) is 18.1 Å². The minimum atomic E-state index is -1.22. The number of amides is 3. The van der Waals surface area contributed by atoms with E-state index >= 15 is 0 Å². The van der Waals surface area contributed by atoms with Crippen LogP contribution in [0.5, 0.6) is 0 Å². The maximum absolute atomic E-state index is 12.7. The highest BCUT2D eigenvalue weighted by molar-refractivity contribution is 5.93. The summed E-state index contributed by atoms with van der Waals surface area (Å²) in [6.45, 7) is 1.13. The molecule has 1 aromatic heterocycles. The van der Waals surface area contributed by atoms with Crippen LogP contribution in [0, 0.1) is 0 Å². The van der Waals surface area contributed by atoms with Crippen molar-refractivity contribution >= 4 is 23.7 Å². The molecule has 0 aliphatic heterocycles. The molecule has 1 aromatic carbocycles. The van der Waals surface area contributed by atoms with E-state index in [9.17, 15) is 24.3 Å². The van der Waals surface area contributed by atoms with Gasteiger partial charge in [0.2, 0.25) is 17.7 Å². The Morgan fingerprint density at radius 1 is 1.03 bits per heavy atom. The zero-order chi connectivity index (χ0) is 22.8. The SMILES string of the molecule is CC(NC(=O)C(Cc1ccccc1)NC(=O)CN)C(=O)NC(Cc1cnc[nH]1)C(=O)O. The molecule has 166 valence electrons. The summed E-state index contributed by atoms with van der Waals surface area (Å²) in [5.41, 5.74) is 6.68. The first kappa shape index (κ1) is 23.5. The number of carbonyl (C=O) groups excluding carboxylic acids is 3. The number of nitrogens with one attached hydrogen (secondary N) is 4. The van der Waals surface area contributed by atoms with Gasteiger partial charge in [0.25, 0.3) is 0 Å². The molecular formula is C20H26N6O5. The van der Waals surface area contributed by atoms with Gasteiger partial charge in [-0.15, -0.1) is 0 Å². The number of carboxylic acid groups (broad SMARTS) is 1. The van der Waals surface area contributed by atoms with E-state index in [4.69, 9.17) is 5.73 Å². The fourth-order valence-electron chi connectivity index (χ4n) is 2.80. The Labute approximate surface area is 178 Å². The predicted molar refractivity (Wildman–Crippen MR) is 111 cm³/mol. The number of carboxylic acids is 1. The van der Waals surface area contributed by atoms with Gasteiger partial charge >= 0.3 is 5.97 Å². The van der Waals surface area contributed by atoms with Crippen molar-refractivity contribution in [2.75, 3.05) is 6.54 Å². The molecule has 0 aliphatic rings. The Balaban J connectivity index is 2.00. The Kier molecular flexibility index (Phi) is 8.70. The summed E-state index contributed by atoms with van der Waals surface area (Å²) in [4.78, 5) is 55.0. The van der Waals surface area contributed by atoms with Crippen molar-refractivity contribution in [3.8, 4) is 0 Å². The summed E-state index contributed by atoms with van der Waals surface area (Å²) in [6, 6.07) is 5.84. The maximum atomic E-state index is 12.7. The molecule has 0 fully saturated rings. The molecular weight excluding hydrogens is 404 g/mol. The van der Waals surface area contributed by atoms with Crippen LogP contribution in [0.1, 0.15) is 18.2 Å². The molecule has 2 aromatic rings. The van der Waals surface area contributed by atoms with E-state index in [1.807, 2.05) is 6.07 Å². The number of rotatable bonds is 11. The van der Waals surface area contributed by atoms with Crippen LogP contribution in [0.4, 0.5) is 0 Å². The van der Waals surface area contributed by atoms with E-state index < -0.39 is 41.8 Å². The average molecular weight is 430 g/mol. The third-order valence-electron chi connectivity index (χ3n) is 4.47. The minimum absolute atomic E-state index is 0.00489. The number of nitrogens with two attached hydrogens (primary N) is 1. The summed E-state index contributed by atoms with van der Waals surface area (Å²) in [5.74, 6) is -3.00. The van der Waals surface area contributed by atoms with Gasteiger partial charge in [-0.05, 0) is 12.5 Å². The highest BCUT2D eigenvalue weighted by Gasteiger charge is 2.27. The summed E-state index contributed by atoms with van der Waals surface area (Å²) in [5, 5.41) is 16.8. The third kappa shape index (κ3) is 7.55. The first-order valence-corrected chi connectivity index (χ1v) is 9.64. The van der Waals surface area contributed by atoms with Crippen LogP contribution < -0.4 is 21.7 Å². The third-order valence-corrected chi connectivity index (χ3v) is 4.47. The second-order valence-corrected chi connectivity index (χ2v) is 6.92. The molecule has 2 rings (SSSR count). The molecule has 3 amide bonds. The zero-order valence-electron chi connectivity index (χ0n) is 17.0. The molecule has 0 saturated carbocycles. The lowest BCUT2D eigenvalue weighted by atomic mass is 10.0. The van der Waals surface area contributed by atoms with E-state index in [-0.39, 0.29) is 19.4 Å². The van der Waals surface area contributed by atoms with Crippen molar-refractivity contribution in [2.45, 2.75) is 37.9 Å². The minimum Gasteiger partial charge on any atom is -0.480 e. The standard InChI is InChI=1S/C20H26N6O5/c1-12(18(28)26-16(20(30)31)8-14-10-22-11-23-14)24-19(29)15(25-17(27)9-21)7-13-5-3-2-4-6-13/h2-6,10-12,15-16H,7-9,21H2,1H3,(H,22,23)(H,24,29)(H,25,27)(H,26,28)(H,30,31). The number of imidazole rings is 1. The molecule has 0 spiro atoms. The van der Waals surface area contributed by atoms with Crippen LogP contribution in [0.15, 0.2) is 42.9 Å². The zero-order valence-corrected chi connectivity index (χ0v) is 17.0. The number of nitrogens with zero attached hydrogens (tertiary/aromatic N) is 1. The largest absolute Gasteiger partial charge is 0.480 e. The van der Waals surface area contributed by atoms with E-state index in [0.29, 0.717) is 5.69 Å². The van der Waals surface area contributed by atoms with E-state index in [1.165, 1.54) is 19.4 Å². The molecule has 1 heterocycles. The monoisotopic (exact) mass is 430 g/mol. The molecule has 3 atom stereocenters. The fourth-order valence-corrected chi connectivity index (χ4v) is 2.80. The lowest BCUT2D eigenvalue weighted by Gasteiger charge is -2.22. The molecule has 11 nitrogen and oxygen atoms in total. The van der Waals surface area contributed by atoms with Crippen LogP contribution in [0.2, 0.25) is 0 Å². The predicted octanol–water partition coefficient (Wildman–Crippen LogP) is -1.29. The number of aliphatic carboxylic acids is 1. The Hall–Kier alpha value is -3.73. The average Bonchev–Trinajstić information content (AvgIpc) is 3.26. The first-order valence-electron chi connectivity index (χ1n) is 9.64. The Bertz CT molecular complexity index is 887. The number of benzene rings is 1. The van der Waals surface area contributed by atoms with E-state index in [2.05, 4.69) is 25.9 Å². The highest BCUT2D eigenvalue weighted by atomic mass is 16.4. The van der Waals surface area contributed by atoms with Crippen molar-refractivity contribution in [2.24, 2.45) is 5.73 Å². The van der Waals surface area contributed by atoms with Crippen molar-refractivity contribution in [1.82, 2.24) is 25.9 Å². The fraction of sp³-hybridized carbons (Fsp3) is 0.350. The lowest BCUT2D eigenvalue weighted by molar-refractivity contribution is -0.142. The number of hydrogen-bond acceptors (Lipinski definition) is 6. The van der Waals surface area contributed by atoms with Crippen molar-refractivity contribution in [3.05, 3.63) is 54.1 Å². The smallest absolute Gasteiger partial charge is 0.326 e. The van der Waals surface area contributed by atoms with Crippen molar-refractivity contribution in [1.29, 1.82) is 0 Å². The molecule has 0 saturated heterocycles. The van der Waals surface area contributed by atoms with Crippen LogP contribution in [0.25, 0.3) is 0 Å².